The van der Waals surface area contributed by atoms with Crippen molar-refractivity contribution in [3.05, 3.63) is 59.6 Å². The topological polar surface area (TPSA) is 58.5 Å². The Labute approximate surface area is 150 Å². The molecule has 4 aromatic rings. The summed E-state index contributed by atoms with van der Waals surface area (Å²) in [7, 11) is 0. The van der Waals surface area contributed by atoms with Gasteiger partial charge in [0.05, 0.1) is 11.0 Å². The second kappa shape index (κ2) is 6.61. The molecule has 0 aliphatic carbocycles. The van der Waals surface area contributed by atoms with E-state index in [1.165, 1.54) is 0 Å². The first-order chi connectivity index (χ1) is 12.2. The van der Waals surface area contributed by atoms with Crippen LogP contribution in [0.3, 0.4) is 0 Å². The second-order valence-electron chi connectivity index (χ2n) is 5.87. The Hall–Kier alpha value is -2.79. The Kier molecular flexibility index (Phi) is 4.15. The lowest BCUT2D eigenvalue weighted by molar-refractivity contribution is 0.702. The SMILES string of the molecule is CCCn1c(-c2cc(Nc3ccc(Cl)cc3)n[nH]2)nc2ccccc21. The van der Waals surface area contributed by atoms with Crippen molar-refractivity contribution >= 4 is 34.1 Å². The van der Waals surface area contributed by atoms with Crippen LogP contribution in [0.2, 0.25) is 5.02 Å². The zero-order chi connectivity index (χ0) is 17.2. The lowest BCUT2D eigenvalue weighted by Crippen LogP contribution is -1.99. The molecule has 0 atom stereocenters. The number of para-hydroxylation sites is 2. The first-order valence-corrected chi connectivity index (χ1v) is 8.66. The van der Waals surface area contributed by atoms with E-state index in [9.17, 15) is 0 Å². The Morgan fingerprint density at radius 3 is 2.72 bits per heavy atom. The number of halogens is 1. The van der Waals surface area contributed by atoms with Crippen LogP contribution in [-0.2, 0) is 6.54 Å². The molecule has 5 nitrogen and oxygen atoms in total. The number of benzene rings is 2. The predicted octanol–water partition coefficient (Wildman–Crippen LogP) is 5.23. The molecular formula is C19H18ClN5. The fraction of sp³-hybridized carbons (Fsp3) is 0.158. The number of H-pyrrole nitrogens is 1. The van der Waals surface area contributed by atoms with Crippen LogP contribution < -0.4 is 5.32 Å². The van der Waals surface area contributed by atoms with Gasteiger partial charge in [0.2, 0.25) is 0 Å². The summed E-state index contributed by atoms with van der Waals surface area (Å²) in [5.74, 6) is 1.65. The number of nitrogens with one attached hydrogen (secondary N) is 2. The summed E-state index contributed by atoms with van der Waals surface area (Å²) in [5, 5.41) is 11.4. The van der Waals surface area contributed by atoms with Crippen LogP contribution in [0.5, 0.6) is 0 Å². The third kappa shape index (κ3) is 3.10. The molecule has 126 valence electrons. The maximum absolute atomic E-state index is 5.92. The Bertz CT molecular complexity index is 1000. The highest BCUT2D eigenvalue weighted by Crippen LogP contribution is 2.26. The first-order valence-electron chi connectivity index (χ1n) is 8.28. The van der Waals surface area contributed by atoms with Gasteiger partial charge < -0.3 is 9.88 Å². The molecule has 0 unspecified atom stereocenters. The Morgan fingerprint density at radius 2 is 1.92 bits per heavy atom. The molecule has 0 aliphatic rings. The molecule has 0 aliphatic heterocycles. The minimum absolute atomic E-state index is 0.710. The van der Waals surface area contributed by atoms with Crippen LogP contribution >= 0.6 is 11.6 Å². The normalized spacial score (nSPS) is 11.1. The molecular weight excluding hydrogens is 334 g/mol. The van der Waals surface area contributed by atoms with Gasteiger partial charge in [-0.15, -0.1) is 0 Å². The zero-order valence-corrected chi connectivity index (χ0v) is 14.6. The van der Waals surface area contributed by atoms with E-state index in [1.54, 1.807) is 0 Å². The van der Waals surface area contributed by atoms with Crippen molar-refractivity contribution in [2.45, 2.75) is 19.9 Å². The van der Waals surface area contributed by atoms with Crippen molar-refractivity contribution in [1.29, 1.82) is 0 Å². The Balaban J connectivity index is 1.68. The van der Waals surface area contributed by atoms with Gasteiger partial charge in [-0.3, -0.25) is 5.10 Å². The second-order valence-corrected chi connectivity index (χ2v) is 6.31. The van der Waals surface area contributed by atoms with Gasteiger partial charge in [0.15, 0.2) is 11.6 Å². The minimum Gasteiger partial charge on any atom is -0.339 e. The van der Waals surface area contributed by atoms with Gasteiger partial charge in [-0.1, -0.05) is 30.7 Å². The molecule has 2 N–H and O–H groups in total. The zero-order valence-electron chi connectivity index (χ0n) is 13.8. The molecule has 2 aromatic heterocycles. The van der Waals surface area contributed by atoms with Crippen molar-refractivity contribution in [3.8, 4) is 11.5 Å². The number of aryl methyl sites for hydroxylation is 1. The molecule has 6 heteroatoms. The van der Waals surface area contributed by atoms with Crippen LogP contribution in [0.1, 0.15) is 13.3 Å². The summed E-state index contributed by atoms with van der Waals surface area (Å²) >= 11 is 5.92. The molecule has 2 aromatic carbocycles. The van der Waals surface area contributed by atoms with Gasteiger partial charge in [0.25, 0.3) is 0 Å². The largest absolute Gasteiger partial charge is 0.339 e. The summed E-state index contributed by atoms with van der Waals surface area (Å²) in [6.07, 6.45) is 1.04. The third-order valence-corrected chi connectivity index (χ3v) is 4.29. The van der Waals surface area contributed by atoms with Gasteiger partial charge in [-0.2, -0.15) is 5.10 Å². The lowest BCUT2D eigenvalue weighted by atomic mass is 10.3. The average Bonchev–Trinajstić information content (AvgIpc) is 3.22. The van der Waals surface area contributed by atoms with E-state index in [2.05, 4.69) is 33.1 Å². The van der Waals surface area contributed by atoms with Crippen LogP contribution in [0.15, 0.2) is 54.6 Å². The minimum atomic E-state index is 0.710. The van der Waals surface area contributed by atoms with Crippen LogP contribution in [0, 0.1) is 0 Å². The number of nitrogens with zero attached hydrogens (tertiary/aromatic N) is 3. The molecule has 0 saturated heterocycles. The number of rotatable bonds is 5. The molecule has 0 amide bonds. The summed E-state index contributed by atoms with van der Waals surface area (Å²) < 4.78 is 2.23. The van der Waals surface area contributed by atoms with Gasteiger partial charge in [-0.25, -0.2) is 4.98 Å². The smallest absolute Gasteiger partial charge is 0.159 e. The molecule has 25 heavy (non-hydrogen) atoms. The van der Waals surface area contributed by atoms with Crippen molar-refractivity contribution < 1.29 is 0 Å². The third-order valence-electron chi connectivity index (χ3n) is 4.04. The lowest BCUT2D eigenvalue weighted by Gasteiger charge is -2.05. The molecule has 0 radical (unpaired) electrons. The number of aromatic amines is 1. The Morgan fingerprint density at radius 1 is 1.12 bits per heavy atom. The number of hydrogen-bond acceptors (Lipinski definition) is 3. The summed E-state index contributed by atoms with van der Waals surface area (Å²) in [6, 6.07) is 17.7. The number of fused-ring (bicyclic) bond motifs is 1. The summed E-state index contributed by atoms with van der Waals surface area (Å²) in [4.78, 5) is 4.78. The highest BCUT2D eigenvalue weighted by molar-refractivity contribution is 6.30. The summed E-state index contributed by atoms with van der Waals surface area (Å²) in [6.45, 7) is 3.08. The molecule has 0 bridgehead atoms. The quantitative estimate of drug-likeness (QED) is 0.517. The highest BCUT2D eigenvalue weighted by atomic mass is 35.5. The fourth-order valence-electron chi connectivity index (χ4n) is 2.91. The molecule has 2 heterocycles. The van der Waals surface area contributed by atoms with Crippen LogP contribution in [0.25, 0.3) is 22.6 Å². The maximum atomic E-state index is 5.92. The van der Waals surface area contributed by atoms with E-state index >= 15 is 0 Å². The van der Waals surface area contributed by atoms with E-state index in [0.29, 0.717) is 5.02 Å². The molecule has 0 saturated carbocycles. The standard InChI is InChI=1S/C19H18ClN5/c1-2-11-25-17-6-4-3-5-15(17)22-19(25)16-12-18(24-23-16)21-14-9-7-13(20)8-10-14/h3-10,12H,2,11H2,1H3,(H2,21,23,24). The van der Waals surface area contributed by atoms with Gasteiger partial charge in [-0.05, 0) is 42.8 Å². The summed E-state index contributed by atoms with van der Waals surface area (Å²) in [5.41, 5.74) is 3.96. The van der Waals surface area contributed by atoms with Crippen molar-refractivity contribution in [3.63, 3.8) is 0 Å². The van der Waals surface area contributed by atoms with E-state index in [-0.39, 0.29) is 0 Å². The molecule has 0 spiro atoms. The molecule has 4 rings (SSSR count). The maximum Gasteiger partial charge on any atom is 0.159 e. The van der Waals surface area contributed by atoms with Crippen LogP contribution in [0.4, 0.5) is 11.5 Å². The van der Waals surface area contributed by atoms with Crippen molar-refractivity contribution in [1.82, 2.24) is 19.7 Å². The van der Waals surface area contributed by atoms with E-state index in [1.807, 2.05) is 48.5 Å². The first kappa shape index (κ1) is 15.7. The number of aromatic nitrogens is 4. The van der Waals surface area contributed by atoms with Crippen molar-refractivity contribution in [2.75, 3.05) is 5.32 Å². The van der Waals surface area contributed by atoms with E-state index in [0.717, 1.165) is 47.0 Å². The number of anilines is 2. The van der Waals surface area contributed by atoms with Crippen LogP contribution in [-0.4, -0.2) is 19.7 Å². The molecule has 0 fully saturated rings. The fourth-order valence-corrected chi connectivity index (χ4v) is 3.04. The predicted molar refractivity (Wildman–Crippen MR) is 102 cm³/mol. The van der Waals surface area contributed by atoms with Gasteiger partial charge in [0.1, 0.15) is 5.69 Å². The van der Waals surface area contributed by atoms with Gasteiger partial charge >= 0.3 is 0 Å². The highest BCUT2D eigenvalue weighted by Gasteiger charge is 2.14. The van der Waals surface area contributed by atoms with E-state index < -0.39 is 0 Å². The average molecular weight is 352 g/mol. The van der Waals surface area contributed by atoms with Gasteiger partial charge in [0, 0.05) is 23.3 Å². The monoisotopic (exact) mass is 351 g/mol. The number of hydrogen-bond donors (Lipinski definition) is 2. The number of imidazole rings is 1. The van der Waals surface area contributed by atoms with Crippen molar-refractivity contribution in [2.24, 2.45) is 0 Å². The van der Waals surface area contributed by atoms with E-state index in [4.69, 9.17) is 16.6 Å².